The second-order valence-corrected chi connectivity index (χ2v) is 11.0. The third kappa shape index (κ3) is 4.84. The van der Waals surface area contributed by atoms with Gasteiger partial charge in [-0.2, -0.15) is 0 Å². The predicted molar refractivity (Wildman–Crippen MR) is 141 cm³/mol. The van der Waals surface area contributed by atoms with Crippen LogP contribution in [-0.4, -0.2) is 87.1 Å². The topological polar surface area (TPSA) is 84.0 Å². The van der Waals surface area contributed by atoms with Gasteiger partial charge < -0.3 is 24.5 Å². The van der Waals surface area contributed by atoms with Crippen LogP contribution in [0.1, 0.15) is 26.2 Å². The number of nitrogens with one attached hydrogen (secondary N) is 1. The molecule has 1 saturated carbocycles. The first-order valence-corrected chi connectivity index (χ1v) is 13.2. The first-order chi connectivity index (χ1) is 17.4. The molecule has 2 atom stereocenters. The lowest BCUT2D eigenvalue weighted by Gasteiger charge is -2.43. The maximum atomic E-state index is 12.2. The van der Waals surface area contributed by atoms with Gasteiger partial charge in [0.15, 0.2) is 5.78 Å². The first kappa shape index (κ1) is 25.4. The molecule has 8 nitrogen and oxygen atoms in total. The number of ketones is 1. The number of piperazine rings is 1. The Balaban J connectivity index is 0.000000222. The highest BCUT2D eigenvalue weighted by Gasteiger charge is 2.54. The number of benzene rings is 1. The summed E-state index contributed by atoms with van der Waals surface area (Å²) in [6.45, 7) is 7.74. The van der Waals surface area contributed by atoms with Crippen molar-refractivity contribution >= 4 is 45.9 Å². The molecule has 6 rings (SSSR count). The molecule has 0 amide bonds. The summed E-state index contributed by atoms with van der Waals surface area (Å²) < 4.78 is 10.6. The lowest BCUT2D eigenvalue weighted by atomic mass is 9.94. The molecule has 4 aliphatic rings. The first-order valence-electron chi connectivity index (χ1n) is 12.8. The van der Waals surface area contributed by atoms with Gasteiger partial charge in [-0.25, -0.2) is 4.98 Å². The van der Waals surface area contributed by atoms with Gasteiger partial charge in [0.2, 0.25) is 0 Å². The molecule has 4 fully saturated rings. The summed E-state index contributed by atoms with van der Waals surface area (Å²) in [7, 11) is 1.86. The van der Waals surface area contributed by atoms with Crippen molar-refractivity contribution in [2.24, 2.45) is 11.3 Å². The Bertz CT molecular complexity index is 1130. The largest absolute Gasteiger partial charge is 0.381 e. The van der Waals surface area contributed by atoms with Crippen LogP contribution in [0.4, 0.5) is 11.5 Å². The van der Waals surface area contributed by atoms with E-state index in [2.05, 4.69) is 26.2 Å². The molecule has 0 radical (unpaired) electrons. The summed E-state index contributed by atoms with van der Waals surface area (Å²) >= 11 is 6.55. The zero-order valence-corrected chi connectivity index (χ0v) is 21.9. The number of fused-ring (bicyclic) bond motifs is 1. The molecular formula is C27H35ClN4O4. The van der Waals surface area contributed by atoms with Crippen LogP contribution in [0.25, 0.3) is 10.8 Å². The highest BCUT2D eigenvalue weighted by molar-refractivity contribution is 6.34. The van der Waals surface area contributed by atoms with E-state index in [9.17, 15) is 9.59 Å². The summed E-state index contributed by atoms with van der Waals surface area (Å²) in [5.74, 6) is 1.39. The van der Waals surface area contributed by atoms with Gasteiger partial charge in [-0.05, 0) is 55.2 Å². The Labute approximate surface area is 217 Å². The standard InChI is InChI=1S/C19H23ClN4O2.C8H12O2/c1-19(12-26-11-17(19)25)24-5-3-23(4-6-24)16-8-13-9-18(21-2)22-10-14(13)7-15(16)20;9-6-7-5-8(7)1-3-10-4-2-8/h7-10H,3-6,11-12H2,1-2H3,(H,21,22);6-7H,1-5H2. The van der Waals surface area contributed by atoms with E-state index in [1.54, 1.807) is 0 Å². The lowest BCUT2D eigenvalue weighted by Crippen LogP contribution is -2.59. The molecule has 9 heteroatoms. The van der Waals surface area contributed by atoms with Gasteiger partial charge in [-0.15, -0.1) is 0 Å². The van der Waals surface area contributed by atoms with E-state index >= 15 is 0 Å². The molecule has 36 heavy (non-hydrogen) atoms. The van der Waals surface area contributed by atoms with Crippen LogP contribution < -0.4 is 10.2 Å². The minimum atomic E-state index is -0.480. The number of aldehydes is 1. The number of hydrogen-bond acceptors (Lipinski definition) is 8. The molecule has 1 aliphatic carbocycles. The van der Waals surface area contributed by atoms with E-state index in [1.165, 1.54) is 0 Å². The minimum Gasteiger partial charge on any atom is -0.381 e. The van der Waals surface area contributed by atoms with Gasteiger partial charge >= 0.3 is 0 Å². The van der Waals surface area contributed by atoms with Crippen molar-refractivity contribution in [3.63, 3.8) is 0 Å². The smallest absolute Gasteiger partial charge is 0.180 e. The zero-order chi connectivity index (χ0) is 25.3. The third-order valence-electron chi connectivity index (χ3n) is 8.48. The monoisotopic (exact) mass is 514 g/mol. The highest BCUT2D eigenvalue weighted by Crippen LogP contribution is 2.57. The lowest BCUT2D eigenvalue weighted by molar-refractivity contribution is -0.126. The van der Waals surface area contributed by atoms with Gasteiger partial charge in [-0.3, -0.25) is 9.69 Å². The Morgan fingerprint density at radius 2 is 1.86 bits per heavy atom. The van der Waals surface area contributed by atoms with E-state index < -0.39 is 5.54 Å². The van der Waals surface area contributed by atoms with Crippen LogP contribution >= 0.6 is 11.6 Å². The SMILES string of the molecule is CNc1cc2cc(N3CCN(C4(C)COCC4=O)CC3)c(Cl)cc2cn1.O=CC1CC12CCOCC2. The number of hydrogen-bond donors (Lipinski definition) is 1. The quantitative estimate of drug-likeness (QED) is 0.621. The molecule has 1 aromatic carbocycles. The predicted octanol–water partition coefficient (Wildman–Crippen LogP) is 3.41. The normalized spacial score (nSPS) is 27.6. The number of halogens is 1. The molecule has 2 unspecified atom stereocenters. The number of pyridine rings is 1. The molecule has 4 heterocycles. The van der Waals surface area contributed by atoms with Crippen LogP contribution in [0, 0.1) is 11.3 Å². The number of nitrogens with zero attached hydrogens (tertiary/aromatic N) is 3. The van der Waals surface area contributed by atoms with Gasteiger partial charge in [0.05, 0.1) is 17.3 Å². The Morgan fingerprint density at radius 3 is 2.47 bits per heavy atom. The van der Waals surface area contributed by atoms with Crippen molar-refractivity contribution in [1.29, 1.82) is 0 Å². The van der Waals surface area contributed by atoms with Crippen molar-refractivity contribution in [3.8, 4) is 0 Å². The molecule has 3 aliphatic heterocycles. The number of carbonyl (C=O) groups excluding carboxylic acids is 2. The number of ether oxygens (including phenoxy) is 2. The number of carbonyl (C=O) groups is 2. The van der Waals surface area contributed by atoms with Gasteiger partial charge in [0.1, 0.15) is 24.2 Å². The molecule has 2 aromatic rings. The summed E-state index contributed by atoms with van der Waals surface area (Å²) in [5, 5.41) is 5.94. The summed E-state index contributed by atoms with van der Waals surface area (Å²) in [5.41, 5.74) is 0.957. The van der Waals surface area contributed by atoms with Crippen molar-refractivity contribution in [2.45, 2.75) is 31.7 Å². The fourth-order valence-corrected chi connectivity index (χ4v) is 6.04. The van der Waals surface area contributed by atoms with E-state index in [0.29, 0.717) is 17.9 Å². The van der Waals surface area contributed by atoms with Crippen LogP contribution in [0.2, 0.25) is 5.02 Å². The maximum absolute atomic E-state index is 12.2. The second kappa shape index (κ2) is 10.2. The van der Waals surface area contributed by atoms with E-state index in [0.717, 1.165) is 92.2 Å². The number of Topliss-reactive ketones (excluding diaryl/α,β-unsaturated/α-hetero) is 1. The average molecular weight is 515 g/mol. The highest BCUT2D eigenvalue weighted by atomic mass is 35.5. The maximum Gasteiger partial charge on any atom is 0.180 e. The van der Waals surface area contributed by atoms with Crippen molar-refractivity contribution in [2.75, 3.05) is 69.9 Å². The molecule has 0 bridgehead atoms. The summed E-state index contributed by atoms with van der Waals surface area (Å²) in [6.07, 6.45) is 6.29. The van der Waals surface area contributed by atoms with E-state index in [1.807, 2.05) is 32.3 Å². The van der Waals surface area contributed by atoms with Gasteiger partial charge in [0, 0.05) is 63.9 Å². The van der Waals surface area contributed by atoms with E-state index in [-0.39, 0.29) is 12.4 Å². The fourth-order valence-electron chi connectivity index (χ4n) is 5.74. The number of rotatable bonds is 4. The zero-order valence-electron chi connectivity index (χ0n) is 21.1. The molecular weight excluding hydrogens is 480 g/mol. The molecule has 1 N–H and O–H groups in total. The van der Waals surface area contributed by atoms with Crippen LogP contribution in [0.3, 0.4) is 0 Å². The van der Waals surface area contributed by atoms with Crippen molar-refractivity contribution < 1.29 is 19.1 Å². The number of anilines is 2. The second-order valence-electron chi connectivity index (χ2n) is 10.6. The van der Waals surface area contributed by atoms with Crippen LogP contribution in [0.15, 0.2) is 24.4 Å². The Kier molecular flexibility index (Phi) is 7.23. The Morgan fingerprint density at radius 1 is 1.11 bits per heavy atom. The molecule has 194 valence electrons. The third-order valence-corrected chi connectivity index (χ3v) is 8.79. The van der Waals surface area contributed by atoms with Gasteiger partial charge in [-0.1, -0.05) is 11.6 Å². The summed E-state index contributed by atoms with van der Waals surface area (Å²) in [4.78, 5) is 31.5. The Hall–Kier alpha value is -2.26. The summed E-state index contributed by atoms with van der Waals surface area (Å²) in [6, 6.07) is 6.13. The molecule has 1 spiro atoms. The molecule has 3 saturated heterocycles. The van der Waals surface area contributed by atoms with Crippen molar-refractivity contribution in [1.82, 2.24) is 9.88 Å². The van der Waals surface area contributed by atoms with Crippen LogP contribution in [0.5, 0.6) is 0 Å². The van der Waals surface area contributed by atoms with Crippen LogP contribution in [-0.2, 0) is 19.1 Å². The average Bonchev–Trinajstić information content (AvgIpc) is 3.47. The van der Waals surface area contributed by atoms with Crippen molar-refractivity contribution in [3.05, 3.63) is 29.4 Å². The van der Waals surface area contributed by atoms with Gasteiger partial charge in [0.25, 0.3) is 0 Å². The number of aromatic nitrogens is 1. The van der Waals surface area contributed by atoms with E-state index in [4.69, 9.17) is 21.1 Å². The molecule has 1 aromatic heterocycles. The minimum absolute atomic E-state index is 0.182. The fraction of sp³-hybridized carbons (Fsp3) is 0.593.